The summed E-state index contributed by atoms with van der Waals surface area (Å²) in [6, 6.07) is 9.17. The van der Waals surface area contributed by atoms with Gasteiger partial charge in [-0.3, -0.25) is 29.8 Å². The number of oxazole rings is 1. The number of hydrogen-bond acceptors (Lipinski definition) is 6. The van der Waals surface area contributed by atoms with Gasteiger partial charge in [-0.05, 0) is 26.0 Å². The van der Waals surface area contributed by atoms with Crippen LogP contribution in [0.1, 0.15) is 21.9 Å². The highest BCUT2D eigenvalue weighted by atomic mass is 32.1. The molecule has 9 heteroatoms. The molecule has 0 spiro atoms. The van der Waals surface area contributed by atoms with E-state index in [0.717, 1.165) is 16.9 Å². The maximum Gasteiger partial charge on any atom is 0.307 e. The van der Waals surface area contributed by atoms with E-state index in [-0.39, 0.29) is 17.1 Å². The number of hydrazine groups is 1. The van der Waals surface area contributed by atoms with E-state index >= 15 is 0 Å². The summed E-state index contributed by atoms with van der Waals surface area (Å²) in [5, 5.41) is 1.66. The summed E-state index contributed by atoms with van der Waals surface area (Å²) in [7, 11) is 0. The van der Waals surface area contributed by atoms with Crippen molar-refractivity contribution in [2.75, 3.05) is 0 Å². The van der Waals surface area contributed by atoms with E-state index in [1.807, 2.05) is 30.3 Å². The molecule has 134 valence electrons. The molecule has 1 aromatic carbocycles. The Labute approximate surface area is 152 Å². The second-order valence-corrected chi connectivity index (χ2v) is 6.34. The molecular formula is C17H16N4O4S. The number of carbonyl (C=O) groups is 2. The molecule has 0 unspecified atom stereocenters. The van der Waals surface area contributed by atoms with Crippen molar-refractivity contribution in [1.29, 1.82) is 0 Å². The average Bonchev–Trinajstić information content (AvgIpc) is 3.18. The van der Waals surface area contributed by atoms with Gasteiger partial charge in [-0.2, -0.15) is 0 Å². The third-order valence-electron chi connectivity index (χ3n) is 3.63. The maximum absolute atomic E-state index is 12.2. The van der Waals surface area contributed by atoms with E-state index in [1.165, 1.54) is 4.57 Å². The summed E-state index contributed by atoms with van der Waals surface area (Å²) in [5.41, 5.74) is 6.06. The second-order valence-electron chi connectivity index (χ2n) is 5.52. The summed E-state index contributed by atoms with van der Waals surface area (Å²) < 4.78 is 6.84. The van der Waals surface area contributed by atoms with Gasteiger partial charge in [0.1, 0.15) is 12.3 Å². The first kappa shape index (κ1) is 17.6. The van der Waals surface area contributed by atoms with Crippen molar-refractivity contribution < 1.29 is 14.0 Å². The van der Waals surface area contributed by atoms with Gasteiger partial charge in [0, 0.05) is 16.6 Å². The van der Waals surface area contributed by atoms with Crippen molar-refractivity contribution >= 4 is 23.2 Å². The molecule has 0 atom stereocenters. The molecule has 3 aromatic rings. The molecule has 0 saturated heterocycles. The van der Waals surface area contributed by atoms with E-state index in [0.29, 0.717) is 17.3 Å². The van der Waals surface area contributed by atoms with Gasteiger partial charge in [0.15, 0.2) is 5.69 Å². The minimum absolute atomic E-state index is 0.0769. The van der Waals surface area contributed by atoms with Crippen LogP contribution in [-0.4, -0.2) is 21.4 Å². The summed E-state index contributed by atoms with van der Waals surface area (Å²) in [4.78, 5) is 39.7. The molecule has 8 nitrogen and oxygen atoms in total. The summed E-state index contributed by atoms with van der Waals surface area (Å²) in [6.07, 6.45) is 0. The van der Waals surface area contributed by atoms with E-state index in [9.17, 15) is 14.4 Å². The van der Waals surface area contributed by atoms with Crippen LogP contribution >= 0.6 is 11.3 Å². The predicted octanol–water partition coefficient (Wildman–Crippen LogP) is 1.64. The average molecular weight is 372 g/mol. The lowest BCUT2D eigenvalue weighted by Crippen LogP contribution is -2.44. The number of nitrogens with zero attached hydrogens (tertiary/aromatic N) is 2. The van der Waals surface area contributed by atoms with Crippen molar-refractivity contribution in [3.05, 3.63) is 62.5 Å². The summed E-state index contributed by atoms with van der Waals surface area (Å²) in [6.45, 7) is 3.17. The van der Waals surface area contributed by atoms with Crippen molar-refractivity contribution in [3.8, 4) is 11.5 Å². The van der Waals surface area contributed by atoms with Crippen LogP contribution in [0.25, 0.3) is 11.5 Å². The molecular weight excluding hydrogens is 356 g/mol. The van der Waals surface area contributed by atoms with Crippen LogP contribution in [0.5, 0.6) is 0 Å². The number of hydrogen-bond donors (Lipinski definition) is 2. The van der Waals surface area contributed by atoms with Gasteiger partial charge in [0.2, 0.25) is 5.89 Å². The number of aromatic nitrogens is 2. The Morgan fingerprint density at radius 3 is 2.58 bits per heavy atom. The normalized spacial score (nSPS) is 10.5. The molecule has 0 aliphatic heterocycles. The fourth-order valence-electron chi connectivity index (χ4n) is 2.28. The van der Waals surface area contributed by atoms with Crippen molar-refractivity contribution in [2.24, 2.45) is 0 Å². The van der Waals surface area contributed by atoms with Crippen LogP contribution in [-0.2, 0) is 11.3 Å². The molecule has 0 saturated carbocycles. The number of carbonyl (C=O) groups excluding carboxylic acids is 2. The van der Waals surface area contributed by atoms with Gasteiger partial charge >= 0.3 is 4.87 Å². The van der Waals surface area contributed by atoms with Gasteiger partial charge in [-0.15, -0.1) is 0 Å². The zero-order chi connectivity index (χ0) is 18.7. The highest BCUT2D eigenvalue weighted by Gasteiger charge is 2.18. The standard InChI is InChI=1S/C17H16N4O4S/c1-10-9-26-17(24)21(10)8-13(22)19-20-15(23)14-11(2)25-16(18-14)12-6-4-3-5-7-12/h3-7,9H,8H2,1-2H3,(H,19,22)(H,20,23). The SMILES string of the molecule is Cc1oc(-c2ccccc2)nc1C(=O)NNC(=O)Cn1c(C)csc1=O. The first-order valence-electron chi connectivity index (χ1n) is 7.72. The lowest BCUT2D eigenvalue weighted by atomic mass is 10.2. The maximum atomic E-state index is 12.2. The minimum atomic E-state index is -0.601. The van der Waals surface area contributed by atoms with Crippen LogP contribution in [0, 0.1) is 13.8 Å². The Morgan fingerprint density at radius 2 is 1.92 bits per heavy atom. The number of nitrogens with one attached hydrogen (secondary N) is 2. The molecule has 3 rings (SSSR count). The fourth-order valence-corrected chi connectivity index (χ4v) is 3.01. The minimum Gasteiger partial charge on any atom is -0.441 e. The topological polar surface area (TPSA) is 106 Å². The summed E-state index contributed by atoms with van der Waals surface area (Å²) >= 11 is 1.01. The molecule has 0 radical (unpaired) electrons. The lowest BCUT2D eigenvalue weighted by molar-refractivity contribution is -0.122. The molecule has 0 bridgehead atoms. The van der Waals surface area contributed by atoms with Crippen LogP contribution in [0.4, 0.5) is 0 Å². The summed E-state index contributed by atoms with van der Waals surface area (Å²) in [5.74, 6) is -0.469. The van der Waals surface area contributed by atoms with Gasteiger partial charge in [0.05, 0.1) is 0 Å². The zero-order valence-corrected chi connectivity index (χ0v) is 14.9. The molecule has 26 heavy (non-hydrogen) atoms. The zero-order valence-electron chi connectivity index (χ0n) is 14.1. The second kappa shape index (κ2) is 7.36. The van der Waals surface area contributed by atoms with Crippen molar-refractivity contribution in [3.63, 3.8) is 0 Å². The first-order chi connectivity index (χ1) is 12.5. The molecule has 0 aliphatic rings. The van der Waals surface area contributed by atoms with Gasteiger partial charge < -0.3 is 4.42 Å². The van der Waals surface area contributed by atoms with Gasteiger partial charge in [-0.1, -0.05) is 29.5 Å². The highest BCUT2D eigenvalue weighted by Crippen LogP contribution is 2.21. The number of rotatable bonds is 4. The van der Waals surface area contributed by atoms with Crippen LogP contribution in [0.15, 0.2) is 44.9 Å². The van der Waals surface area contributed by atoms with E-state index in [1.54, 1.807) is 19.2 Å². The lowest BCUT2D eigenvalue weighted by Gasteiger charge is -2.07. The first-order valence-corrected chi connectivity index (χ1v) is 8.60. The van der Waals surface area contributed by atoms with E-state index < -0.39 is 11.8 Å². The Bertz CT molecular complexity index is 1000. The quantitative estimate of drug-likeness (QED) is 0.677. The van der Waals surface area contributed by atoms with Crippen molar-refractivity contribution in [1.82, 2.24) is 20.4 Å². The molecule has 2 heterocycles. The van der Waals surface area contributed by atoms with Gasteiger partial charge in [0.25, 0.3) is 11.8 Å². The smallest absolute Gasteiger partial charge is 0.307 e. The number of amides is 2. The Kier molecular flexibility index (Phi) is 4.99. The van der Waals surface area contributed by atoms with E-state index in [4.69, 9.17) is 4.42 Å². The number of thiazole rings is 1. The van der Waals surface area contributed by atoms with Crippen LogP contribution < -0.4 is 15.7 Å². The largest absolute Gasteiger partial charge is 0.441 e. The number of aryl methyl sites for hydroxylation is 2. The molecule has 2 amide bonds. The fraction of sp³-hybridized carbons (Fsp3) is 0.176. The van der Waals surface area contributed by atoms with E-state index in [2.05, 4.69) is 15.8 Å². The Hall–Kier alpha value is -3.20. The third kappa shape index (κ3) is 3.72. The van der Waals surface area contributed by atoms with Crippen LogP contribution in [0.2, 0.25) is 0 Å². The van der Waals surface area contributed by atoms with Gasteiger partial charge in [-0.25, -0.2) is 4.98 Å². The third-order valence-corrected chi connectivity index (χ3v) is 4.51. The van der Waals surface area contributed by atoms with Crippen LogP contribution in [0.3, 0.4) is 0 Å². The highest BCUT2D eigenvalue weighted by molar-refractivity contribution is 7.07. The monoisotopic (exact) mass is 372 g/mol. The molecule has 2 N–H and O–H groups in total. The molecule has 0 fully saturated rings. The number of benzene rings is 1. The predicted molar refractivity (Wildman–Crippen MR) is 95.6 cm³/mol. The molecule has 0 aliphatic carbocycles. The Morgan fingerprint density at radius 1 is 1.19 bits per heavy atom. The van der Waals surface area contributed by atoms with Crippen molar-refractivity contribution in [2.45, 2.75) is 20.4 Å². The molecule has 2 aromatic heterocycles. The Balaban J connectivity index is 1.64.